The molecule has 0 N–H and O–H groups in total. The molecule has 0 saturated heterocycles. The van der Waals surface area contributed by atoms with Crippen LogP contribution in [0.3, 0.4) is 0 Å². The van der Waals surface area contributed by atoms with E-state index in [1.165, 1.54) is 0 Å². The van der Waals surface area contributed by atoms with Gasteiger partial charge in [-0.05, 0) is 18.9 Å². The normalized spacial score (nSPS) is 19.1. The summed E-state index contributed by atoms with van der Waals surface area (Å²) in [6.07, 6.45) is 5.70. The van der Waals surface area contributed by atoms with Crippen LogP contribution in [0.2, 0.25) is 5.15 Å². The molecular formula is C11H11ClN2. The minimum atomic E-state index is -0.370. The Morgan fingerprint density at radius 1 is 1.43 bits per heavy atom. The van der Waals surface area contributed by atoms with Crippen molar-refractivity contribution in [1.82, 2.24) is 4.98 Å². The van der Waals surface area contributed by atoms with Gasteiger partial charge < -0.3 is 0 Å². The van der Waals surface area contributed by atoms with Crippen molar-refractivity contribution in [3.05, 3.63) is 29.0 Å². The molecule has 1 saturated carbocycles. The number of hydrogen-bond donors (Lipinski definition) is 0. The van der Waals surface area contributed by atoms with Gasteiger partial charge in [0.25, 0.3) is 0 Å². The fourth-order valence-electron chi connectivity index (χ4n) is 2.16. The SMILES string of the molecule is N#CC1(c2cccnc2Cl)CCCC1. The van der Waals surface area contributed by atoms with Gasteiger partial charge in [0.1, 0.15) is 5.15 Å². The van der Waals surface area contributed by atoms with Crippen LogP contribution in [-0.2, 0) is 5.41 Å². The van der Waals surface area contributed by atoms with E-state index >= 15 is 0 Å². The van der Waals surface area contributed by atoms with E-state index in [0.29, 0.717) is 5.15 Å². The molecule has 1 aliphatic carbocycles. The zero-order valence-electron chi connectivity index (χ0n) is 7.83. The maximum atomic E-state index is 9.26. The highest BCUT2D eigenvalue weighted by Gasteiger charge is 2.37. The number of pyridine rings is 1. The highest BCUT2D eigenvalue weighted by atomic mass is 35.5. The second-order valence-electron chi connectivity index (χ2n) is 3.74. The lowest BCUT2D eigenvalue weighted by molar-refractivity contribution is 0.571. The van der Waals surface area contributed by atoms with Gasteiger partial charge in [0.2, 0.25) is 0 Å². The molecule has 0 aliphatic heterocycles. The summed E-state index contributed by atoms with van der Waals surface area (Å²) in [6, 6.07) is 6.18. The van der Waals surface area contributed by atoms with Crippen molar-refractivity contribution >= 4 is 11.6 Å². The summed E-state index contributed by atoms with van der Waals surface area (Å²) in [5.74, 6) is 0. The molecule has 0 aromatic carbocycles. The van der Waals surface area contributed by atoms with E-state index in [0.717, 1.165) is 31.2 Å². The molecule has 0 radical (unpaired) electrons. The molecule has 72 valence electrons. The Labute approximate surface area is 88.5 Å². The van der Waals surface area contributed by atoms with Gasteiger partial charge in [0, 0.05) is 11.8 Å². The first-order chi connectivity index (χ1) is 6.78. The van der Waals surface area contributed by atoms with E-state index in [-0.39, 0.29) is 5.41 Å². The van der Waals surface area contributed by atoms with Crippen molar-refractivity contribution < 1.29 is 0 Å². The molecule has 1 aromatic heterocycles. The highest BCUT2D eigenvalue weighted by Crippen LogP contribution is 2.42. The maximum Gasteiger partial charge on any atom is 0.133 e. The van der Waals surface area contributed by atoms with E-state index in [1.54, 1.807) is 6.20 Å². The summed E-state index contributed by atoms with van der Waals surface area (Å²) in [4.78, 5) is 4.03. The van der Waals surface area contributed by atoms with Crippen molar-refractivity contribution in [2.24, 2.45) is 0 Å². The topological polar surface area (TPSA) is 36.7 Å². The molecule has 1 heterocycles. The fraction of sp³-hybridized carbons (Fsp3) is 0.455. The zero-order valence-corrected chi connectivity index (χ0v) is 8.59. The first-order valence-electron chi connectivity index (χ1n) is 4.81. The minimum absolute atomic E-state index is 0.370. The first kappa shape index (κ1) is 9.48. The number of hydrogen-bond acceptors (Lipinski definition) is 2. The van der Waals surface area contributed by atoms with Crippen LogP contribution >= 0.6 is 11.6 Å². The Morgan fingerprint density at radius 3 is 2.71 bits per heavy atom. The van der Waals surface area contributed by atoms with Gasteiger partial charge in [-0.3, -0.25) is 0 Å². The van der Waals surface area contributed by atoms with E-state index in [1.807, 2.05) is 12.1 Å². The van der Waals surface area contributed by atoms with Crippen LogP contribution in [0.1, 0.15) is 31.2 Å². The smallest absolute Gasteiger partial charge is 0.133 e. The van der Waals surface area contributed by atoms with E-state index in [4.69, 9.17) is 11.6 Å². The quantitative estimate of drug-likeness (QED) is 0.663. The van der Waals surface area contributed by atoms with E-state index in [2.05, 4.69) is 11.1 Å². The van der Waals surface area contributed by atoms with E-state index in [9.17, 15) is 5.26 Å². The zero-order chi connectivity index (χ0) is 10.0. The highest BCUT2D eigenvalue weighted by molar-refractivity contribution is 6.30. The van der Waals surface area contributed by atoms with Gasteiger partial charge in [-0.2, -0.15) is 5.26 Å². The van der Waals surface area contributed by atoms with Gasteiger partial charge in [-0.1, -0.05) is 30.5 Å². The molecular weight excluding hydrogens is 196 g/mol. The van der Waals surface area contributed by atoms with Crippen LogP contribution in [0.4, 0.5) is 0 Å². The van der Waals surface area contributed by atoms with Crippen LogP contribution in [-0.4, -0.2) is 4.98 Å². The summed E-state index contributed by atoms with van der Waals surface area (Å²) in [5, 5.41) is 9.74. The lowest BCUT2D eigenvalue weighted by atomic mass is 9.81. The predicted octanol–water partition coefficient (Wildman–Crippen LogP) is 3.07. The Bertz CT molecular complexity index is 375. The molecule has 0 amide bonds. The van der Waals surface area contributed by atoms with E-state index < -0.39 is 0 Å². The summed E-state index contributed by atoms with van der Waals surface area (Å²) in [7, 11) is 0. The van der Waals surface area contributed by atoms with Crippen LogP contribution < -0.4 is 0 Å². The Kier molecular flexibility index (Phi) is 2.43. The van der Waals surface area contributed by atoms with Crippen molar-refractivity contribution in [2.45, 2.75) is 31.1 Å². The number of rotatable bonds is 1. The maximum absolute atomic E-state index is 9.26. The number of nitriles is 1. The minimum Gasteiger partial charge on any atom is -0.244 e. The Balaban J connectivity index is 2.47. The van der Waals surface area contributed by atoms with Gasteiger partial charge in [-0.15, -0.1) is 0 Å². The average molecular weight is 207 g/mol. The number of aromatic nitrogens is 1. The van der Waals surface area contributed by atoms with Crippen molar-refractivity contribution in [3.63, 3.8) is 0 Å². The van der Waals surface area contributed by atoms with Crippen LogP contribution in [0.25, 0.3) is 0 Å². The molecule has 1 aromatic rings. The molecule has 1 fully saturated rings. The standard InChI is InChI=1S/C11H11ClN2/c12-10-9(4-3-7-14-10)11(8-13)5-1-2-6-11/h3-4,7H,1-2,5-6H2. The third kappa shape index (κ3) is 1.38. The summed E-state index contributed by atoms with van der Waals surface area (Å²) in [5.41, 5.74) is 0.535. The second kappa shape index (κ2) is 3.59. The van der Waals surface area contributed by atoms with Crippen molar-refractivity contribution in [1.29, 1.82) is 5.26 Å². The third-order valence-corrected chi connectivity index (χ3v) is 3.25. The summed E-state index contributed by atoms with van der Waals surface area (Å²) in [6.45, 7) is 0. The largest absolute Gasteiger partial charge is 0.244 e. The third-order valence-electron chi connectivity index (χ3n) is 2.95. The monoisotopic (exact) mass is 206 g/mol. The average Bonchev–Trinajstić information content (AvgIpc) is 2.68. The van der Waals surface area contributed by atoms with Crippen molar-refractivity contribution in [2.75, 3.05) is 0 Å². The molecule has 2 nitrogen and oxygen atoms in total. The molecule has 1 aliphatic rings. The second-order valence-corrected chi connectivity index (χ2v) is 4.10. The summed E-state index contributed by atoms with van der Waals surface area (Å²) >= 11 is 6.01. The lowest BCUT2D eigenvalue weighted by Crippen LogP contribution is -2.20. The van der Waals surface area contributed by atoms with Crippen LogP contribution in [0.5, 0.6) is 0 Å². The molecule has 0 bridgehead atoms. The first-order valence-corrected chi connectivity index (χ1v) is 5.18. The molecule has 14 heavy (non-hydrogen) atoms. The molecule has 0 unspecified atom stereocenters. The van der Waals surface area contributed by atoms with Gasteiger partial charge >= 0.3 is 0 Å². The molecule has 0 atom stereocenters. The predicted molar refractivity (Wildman–Crippen MR) is 55.0 cm³/mol. The number of nitrogens with zero attached hydrogens (tertiary/aromatic N) is 2. The molecule has 0 spiro atoms. The Hall–Kier alpha value is -1.07. The summed E-state index contributed by atoms with van der Waals surface area (Å²) < 4.78 is 0. The molecule has 3 heteroatoms. The van der Waals surface area contributed by atoms with Gasteiger partial charge in [-0.25, -0.2) is 4.98 Å². The molecule has 2 rings (SSSR count). The lowest BCUT2D eigenvalue weighted by Gasteiger charge is -2.20. The van der Waals surface area contributed by atoms with Gasteiger partial charge in [0.15, 0.2) is 0 Å². The van der Waals surface area contributed by atoms with Crippen LogP contribution in [0, 0.1) is 11.3 Å². The van der Waals surface area contributed by atoms with Crippen LogP contribution in [0.15, 0.2) is 18.3 Å². The Morgan fingerprint density at radius 2 is 2.14 bits per heavy atom. The fourth-order valence-corrected chi connectivity index (χ4v) is 2.46. The van der Waals surface area contributed by atoms with Gasteiger partial charge in [0.05, 0.1) is 11.5 Å². The number of halogens is 1. The van der Waals surface area contributed by atoms with Crippen molar-refractivity contribution in [3.8, 4) is 6.07 Å².